The number of likely N-dealkylation sites (tertiary alicyclic amines) is 1. The summed E-state index contributed by atoms with van der Waals surface area (Å²) in [5, 5.41) is 0. The molecule has 1 saturated heterocycles. The molecule has 0 aromatic heterocycles. The molecular weight excluding hydrogens is 222 g/mol. The van der Waals surface area contributed by atoms with Gasteiger partial charge in [0.05, 0.1) is 0 Å². The maximum atomic E-state index is 11.8. The summed E-state index contributed by atoms with van der Waals surface area (Å²) in [5.41, 5.74) is 0.372. The average molecular weight is 239 g/mol. The molecule has 0 N–H and O–H groups in total. The van der Waals surface area contributed by atoms with Crippen LogP contribution in [0.3, 0.4) is 0 Å². The Morgan fingerprint density at radius 2 is 2.24 bits per heavy atom. The van der Waals surface area contributed by atoms with Crippen LogP contribution in [0, 0.1) is 0 Å². The van der Waals surface area contributed by atoms with E-state index in [1.165, 1.54) is 6.08 Å². The Morgan fingerprint density at radius 1 is 1.53 bits per heavy atom. The van der Waals surface area contributed by atoms with Crippen LogP contribution in [0.15, 0.2) is 11.6 Å². The fourth-order valence-corrected chi connectivity index (χ4v) is 1.94. The lowest BCUT2D eigenvalue weighted by Gasteiger charge is -2.32. The summed E-state index contributed by atoms with van der Waals surface area (Å²) in [4.78, 5) is 24.5. The van der Waals surface area contributed by atoms with Crippen LogP contribution in [-0.4, -0.2) is 41.8 Å². The Bertz CT molecular complexity index is 380. The molecule has 2 aliphatic heterocycles. The number of nitrogens with zero attached hydrogens (tertiary/aromatic N) is 1. The van der Waals surface area contributed by atoms with Crippen LogP contribution in [0.2, 0.25) is 0 Å². The minimum absolute atomic E-state index is 0.138. The first-order valence-corrected chi connectivity index (χ1v) is 5.74. The van der Waals surface area contributed by atoms with Crippen molar-refractivity contribution in [2.45, 2.75) is 38.9 Å². The van der Waals surface area contributed by atoms with E-state index in [0.29, 0.717) is 19.5 Å². The number of rotatable bonds is 0. The van der Waals surface area contributed by atoms with Gasteiger partial charge >= 0.3 is 12.1 Å². The molecule has 5 heteroatoms. The predicted octanol–water partition coefficient (Wildman–Crippen LogP) is 1.48. The van der Waals surface area contributed by atoms with Gasteiger partial charge in [0, 0.05) is 25.6 Å². The molecule has 0 aromatic rings. The van der Waals surface area contributed by atoms with E-state index in [2.05, 4.69) is 0 Å². The highest BCUT2D eigenvalue weighted by atomic mass is 16.6. The van der Waals surface area contributed by atoms with Gasteiger partial charge in [-0.1, -0.05) is 0 Å². The molecule has 1 atom stereocenters. The smallest absolute Gasteiger partial charge is 0.410 e. The first-order chi connectivity index (χ1) is 7.85. The zero-order chi connectivity index (χ0) is 12.6. The topological polar surface area (TPSA) is 55.8 Å². The van der Waals surface area contributed by atoms with Gasteiger partial charge in [-0.05, 0) is 26.3 Å². The molecule has 2 heterocycles. The summed E-state index contributed by atoms with van der Waals surface area (Å²) in [5.74, 6) is -0.309. The number of esters is 1. The molecule has 5 nitrogen and oxygen atoms in total. The Balaban J connectivity index is 1.98. The standard InChI is InChI=1S/C12H17NO4/c1-12(2,3)17-11(15)13-5-4-9-8(7-13)6-10(14)16-9/h6,9H,4-5,7H2,1-3H3. The van der Waals surface area contributed by atoms with Crippen molar-refractivity contribution >= 4 is 12.1 Å². The van der Waals surface area contributed by atoms with Crippen LogP contribution in [-0.2, 0) is 14.3 Å². The largest absolute Gasteiger partial charge is 0.455 e. The van der Waals surface area contributed by atoms with E-state index in [-0.39, 0.29) is 18.2 Å². The molecule has 94 valence electrons. The number of hydrogen-bond donors (Lipinski definition) is 0. The summed E-state index contributed by atoms with van der Waals surface area (Å²) in [6, 6.07) is 0. The molecule has 17 heavy (non-hydrogen) atoms. The van der Waals surface area contributed by atoms with Crippen molar-refractivity contribution in [1.82, 2.24) is 4.90 Å². The number of amides is 1. The molecule has 2 rings (SSSR count). The lowest BCUT2D eigenvalue weighted by Crippen LogP contribution is -2.43. The van der Waals surface area contributed by atoms with Crippen LogP contribution in [0.4, 0.5) is 4.79 Å². The monoisotopic (exact) mass is 239 g/mol. The summed E-state index contributed by atoms with van der Waals surface area (Å²) < 4.78 is 10.4. The second-order valence-corrected chi connectivity index (χ2v) is 5.34. The third kappa shape index (κ3) is 2.78. The van der Waals surface area contributed by atoms with Crippen molar-refractivity contribution < 1.29 is 19.1 Å². The Hall–Kier alpha value is -1.52. The highest BCUT2D eigenvalue weighted by molar-refractivity contribution is 5.86. The van der Waals surface area contributed by atoms with Crippen LogP contribution in [0.25, 0.3) is 0 Å². The Morgan fingerprint density at radius 3 is 2.88 bits per heavy atom. The fraction of sp³-hybridized carbons (Fsp3) is 0.667. The van der Waals surface area contributed by atoms with E-state index in [1.54, 1.807) is 4.90 Å². The summed E-state index contributed by atoms with van der Waals surface area (Å²) in [6.07, 6.45) is 1.65. The number of ether oxygens (including phenoxy) is 2. The summed E-state index contributed by atoms with van der Waals surface area (Å²) >= 11 is 0. The van der Waals surface area contributed by atoms with E-state index in [9.17, 15) is 9.59 Å². The van der Waals surface area contributed by atoms with E-state index < -0.39 is 5.60 Å². The number of hydrogen-bond acceptors (Lipinski definition) is 4. The highest BCUT2D eigenvalue weighted by Crippen LogP contribution is 2.25. The van der Waals surface area contributed by atoms with Gasteiger partial charge in [-0.15, -0.1) is 0 Å². The molecule has 1 fully saturated rings. The molecule has 1 unspecified atom stereocenters. The van der Waals surface area contributed by atoms with Gasteiger partial charge in [0.25, 0.3) is 0 Å². The zero-order valence-corrected chi connectivity index (χ0v) is 10.4. The van der Waals surface area contributed by atoms with Crippen molar-refractivity contribution in [2.75, 3.05) is 13.1 Å². The number of piperidine rings is 1. The quantitative estimate of drug-likeness (QED) is 0.601. The van der Waals surface area contributed by atoms with Crippen LogP contribution in [0.1, 0.15) is 27.2 Å². The minimum atomic E-state index is -0.496. The maximum Gasteiger partial charge on any atom is 0.410 e. The van der Waals surface area contributed by atoms with Crippen LogP contribution >= 0.6 is 0 Å². The summed E-state index contributed by atoms with van der Waals surface area (Å²) in [6.45, 7) is 6.48. The van der Waals surface area contributed by atoms with Gasteiger partial charge in [0.15, 0.2) is 0 Å². The van der Waals surface area contributed by atoms with Gasteiger partial charge in [-0.25, -0.2) is 9.59 Å². The van der Waals surface area contributed by atoms with Crippen molar-refractivity contribution in [3.63, 3.8) is 0 Å². The van der Waals surface area contributed by atoms with Gasteiger partial charge in [0.1, 0.15) is 11.7 Å². The molecule has 0 aliphatic carbocycles. The average Bonchev–Trinajstić information content (AvgIpc) is 2.53. The molecule has 0 bridgehead atoms. The van der Waals surface area contributed by atoms with E-state index in [1.807, 2.05) is 20.8 Å². The number of carbonyl (C=O) groups is 2. The normalized spacial score (nSPS) is 23.9. The molecule has 0 aromatic carbocycles. The number of fused-ring (bicyclic) bond motifs is 1. The first kappa shape index (κ1) is 12.0. The fourth-order valence-electron chi connectivity index (χ4n) is 1.94. The van der Waals surface area contributed by atoms with E-state index in [0.717, 1.165) is 5.57 Å². The van der Waals surface area contributed by atoms with Crippen molar-refractivity contribution in [3.8, 4) is 0 Å². The number of carbonyl (C=O) groups excluding carboxylic acids is 2. The second-order valence-electron chi connectivity index (χ2n) is 5.34. The highest BCUT2D eigenvalue weighted by Gasteiger charge is 2.34. The Labute approximate surface area is 100 Å². The first-order valence-electron chi connectivity index (χ1n) is 5.74. The third-order valence-electron chi connectivity index (χ3n) is 2.66. The SMILES string of the molecule is CC(C)(C)OC(=O)N1CCC2OC(=O)C=C2C1. The van der Waals surface area contributed by atoms with E-state index in [4.69, 9.17) is 9.47 Å². The second kappa shape index (κ2) is 4.05. The van der Waals surface area contributed by atoms with Crippen LogP contribution in [0.5, 0.6) is 0 Å². The molecular formula is C12H17NO4. The van der Waals surface area contributed by atoms with E-state index >= 15 is 0 Å². The van der Waals surface area contributed by atoms with Crippen LogP contribution < -0.4 is 0 Å². The Kier molecular flexibility index (Phi) is 2.85. The van der Waals surface area contributed by atoms with Gasteiger partial charge in [-0.2, -0.15) is 0 Å². The molecule has 1 amide bonds. The zero-order valence-electron chi connectivity index (χ0n) is 10.4. The molecule has 0 saturated carbocycles. The summed E-state index contributed by atoms with van der Waals surface area (Å²) in [7, 11) is 0. The van der Waals surface area contributed by atoms with Gasteiger partial charge in [0.2, 0.25) is 0 Å². The van der Waals surface area contributed by atoms with Crippen molar-refractivity contribution in [1.29, 1.82) is 0 Å². The van der Waals surface area contributed by atoms with Crippen molar-refractivity contribution in [2.24, 2.45) is 0 Å². The molecule has 0 spiro atoms. The predicted molar refractivity (Wildman–Crippen MR) is 60.4 cm³/mol. The van der Waals surface area contributed by atoms with Gasteiger partial charge in [-0.3, -0.25) is 0 Å². The molecule has 2 aliphatic rings. The lowest BCUT2D eigenvalue weighted by atomic mass is 10.0. The molecule has 0 radical (unpaired) electrons. The minimum Gasteiger partial charge on any atom is -0.455 e. The maximum absolute atomic E-state index is 11.8. The lowest BCUT2D eigenvalue weighted by molar-refractivity contribution is -0.139. The van der Waals surface area contributed by atoms with Gasteiger partial charge < -0.3 is 14.4 Å². The van der Waals surface area contributed by atoms with Crippen molar-refractivity contribution in [3.05, 3.63) is 11.6 Å². The third-order valence-corrected chi connectivity index (χ3v) is 2.66.